The molecule has 1 aromatic carbocycles. The topological polar surface area (TPSA) is 168 Å². The number of carbonyl (C=O) groups excluding carboxylic acids is 4. The molecule has 1 aromatic heterocycles. The number of amides is 3. The summed E-state index contributed by atoms with van der Waals surface area (Å²) in [6, 6.07) is 4.36. The molecule has 18 heteroatoms. The molecule has 0 bridgehead atoms. The Morgan fingerprint density at radius 1 is 1.08 bits per heavy atom. The predicted octanol–water partition coefficient (Wildman–Crippen LogP) is 4.65. The summed E-state index contributed by atoms with van der Waals surface area (Å²) < 4.78 is 61.0. The molecule has 4 rings (SSSR count). The molecule has 0 aliphatic carbocycles. The van der Waals surface area contributed by atoms with Gasteiger partial charge < -0.3 is 19.1 Å². The number of anilines is 2. The number of phosphoric acid groups is 1. The number of aryl methyl sites for hydroxylation is 1. The number of fused-ring (bicyclic) bond motifs is 1. The van der Waals surface area contributed by atoms with Gasteiger partial charge in [0.1, 0.15) is 11.9 Å². The minimum absolute atomic E-state index is 0.0892. The van der Waals surface area contributed by atoms with E-state index in [0.717, 1.165) is 18.2 Å². The highest BCUT2D eigenvalue weighted by molar-refractivity contribution is 7.48. The number of nitrogens with zero attached hydrogens (tertiary/aromatic N) is 5. The number of rotatable bonds is 11. The minimum Gasteiger partial charge on any atom is -0.442 e. The molecule has 48 heavy (non-hydrogen) atoms. The van der Waals surface area contributed by atoms with E-state index in [1.807, 2.05) is 18.1 Å². The van der Waals surface area contributed by atoms with Crippen LogP contribution in [0.3, 0.4) is 0 Å². The molecule has 2 aromatic rings. The molecule has 16 nitrogen and oxygen atoms in total. The van der Waals surface area contributed by atoms with Crippen LogP contribution in [0.25, 0.3) is 0 Å². The van der Waals surface area contributed by atoms with E-state index in [4.69, 9.17) is 27.8 Å². The van der Waals surface area contributed by atoms with Crippen molar-refractivity contribution in [3.05, 3.63) is 41.5 Å². The quantitative estimate of drug-likeness (QED) is 0.181. The third-order valence-electron chi connectivity index (χ3n) is 6.65. The van der Waals surface area contributed by atoms with Crippen molar-refractivity contribution in [3.63, 3.8) is 0 Å². The average molecular weight is 698 g/mol. The second-order valence-electron chi connectivity index (χ2n) is 13.2. The summed E-state index contributed by atoms with van der Waals surface area (Å²) in [7, 11) is -2.38. The summed E-state index contributed by atoms with van der Waals surface area (Å²) >= 11 is 0. The lowest BCUT2D eigenvalue weighted by Crippen LogP contribution is -2.42. The van der Waals surface area contributed by atoms with E-state index in [1.54, 1.807) is 58.4 Å². The number of imide groups is 1. The SMILES string of the molecule is CC(=O)N(C[C@H]1CN(c2ccc(N3Cc4cn(C)nc4C3)c(F)c2)C(=O)O1)C(=O)OCOC(=O)COP(=O)(OC(C)(C)C)OC(C)(C)C. The summed E-state index contributed by atoms with van der Waals surface area (Å²) in [6.07, 6.45) is -1.05. The molecule has 2 aliphatic rings. The molecule has 1 atom stereocenters. The van der Waals surface area contributed by atoms with Gasteiger partial charge in [-0.3, -0.25) is 27.9 Å². The van der Waals surface area contributed by atoms with Crippen LogP contribution in [0, 0.1) is 5.82 Å². The third kappa shape index (κ3) is 9.75. The van der Waals surface area contributed by atoms with Crippen molar-refractivity contribution >= 4 is 43.3 Å². The van der Waals surface area contributed by atoms with E-state index in [2.05, 4.69) is 5.10 Å². The van der Waals surface area contributed by atoms with Crippen molar-refractivity contribution in [2.24, 2.45) is 7.05 Å². The molecular weight excluding hydrogens is 656 g/mol. The van der Waals surface area contributed by atoms with Gasteiger partial charge in [-0.2, -0.15) is 5.10 Å². The van der Waals surface area contributed by atoms with Crippen LogP contribution in [0.1, 0.15) is 59.7 Å². The predicted molar refractivity (Wildman–Crippen MR) is 167 cm³/mol. The van der Waals surface area contributed by atoms with Gasteiger partial charge in [-0.25, -0.2) is 28.2 Å². The van der Waals surface area contributed by atoms with Gasteiger partial charge in [0.15, 0.2) is 6.61 Å². The molecule has 2 aliphatic heterocycles. The number of halogens is 1. The van der Waals surface area contributed by atoms with Crippen LogP contribution in [0.4, 0.5) is 25.4 Å². The highest BCUT2D eigenvalue weighted by atomic mass is 31.2. The van der Waals surface area contributed by atoms with Crippen molar-refractivity contribution < 1.29 is 55.9 Å². The Kier molecular flexibility index (Phi) is 10.9. The van der Waals surface area contributed by atoms with E-state index >= 15 is 4.39 Å². The second kappa shape index (κ2) is 14.2. The number of esters is 1. The molecule has 0 N–H and O–H groups in total. The van der Waals surface area contributed by atoms with E-state index in [9.17, 15) is 23.7 Å². The van der Waals surface area contributed by atoms with Crippen LogP contribution in [0.2, 0.25) is 0 Å². The Morgan fingerprint density at radius 2 is 1.75 bits per heavy atom. The van der Waals surface area contributed by atoms with Gasteiger partial charge in [-0.15, -0.1) is 0 Å². The number of benzene rings is 1. The van der Waals surface area contributed by atoms with Crippen LogP contribution >= 0.6 is 7.82 Å². The lowest BCUT2D eigenvalue weighted by Gasteiger charge is -2.30. The molecule has 0 spiro atoms. The van der Waals surface area contributed by atoms with E-state index < -0.39 is 68.4 Å². The lowest BCUT2D eigenvalue weighted by molar-refractivity contribution is -0.156. The Balaban J connectivity index is 1.27. The van der Waals surface area contributed by atoms with Crippen molar-refractivity contribution in [3.8, 4) is 0 Å². The number of phosphoric ester groups is 1. The Bertz CT molecular complexity index is 1560. The van der Waals surface area contributed by atoms with Gasteiger partial charge in [0.2, 0.25) is 12.7 Å². The molecule has 3 heterocycles. The smallest absolute Gasteiger partial charge is 0.442 e. The number of cyclic esters (lactones) is 1. The first kappa shape index (κ1) is 36.8. The number of carbonyl (C=O) groups is 4. The third-order valence-corrected chi connectivity index (χ3v) is 8.64. The summed E-state index contributed by atoms with van der Waals surface area (Å²) in [5.41, 5.74) is 0.602. The van der Waals surface area contributed by atoms with Crippen molar-refractivity contribution in [1.82, 2.24) is 14.7 Å². The largest absolute Gasteiger partial charge is 0.476 e. The Hall–Kier alpha value is -4.05. The van der Waals surface area contributed by atoms with Crippen molar-refractivity contribution in [2.75, 3.05) is 36.3 Å². The zero-order valence-corrected chi connectivity index (χ0v) is 29.1. The van der Waals surface area contributed by atoms with Crippen molar-refractivity contribution in [2.45, 2.75) is 78.9 Å². The normalized spacial score (nSPS) is 16.5. The lowest BCUT2D eigenvalue weighted by atomic mass is 10.2. The average Bonchev–Trinajstić information content (AvgIpc) is 3.60. The maximum Gasteiger partial charge on any atom is 0.476 e. The van der Waals surface area contributed by atoms with Crippen LogP contribution < -0.4 is 9.80 Å². The van der Waals surface area contributed by atoms with Gasteiger partial charge in [0, 0.05) is 32.3 Å². The van der Waals surface area contributed by atoms with E-state index in [-0.39, 0.29) is 18.8 Å². The molecule has 0 saturated carbocycles. The summed E-state index contributed by atoms with van der Waals surface area (Å²) in [6.45, 7) is 9.57. The molecular formula is C30H41FN5O11P. The fourth-order valence-corrected chi connectivity index (χ4v) is 6.63. The summed E-state index contributed by atoms with van der Waals surface area (Å²) in [5.74, 6) is -2.34. The van der Waals surface area contributed by atoms with E-state index in [1.165, 1.54) is 11.0 Å². The van der Waals surface area contributed by atoms with Gasteiger partial charge >= 0.3 is 26.0 Å². The van der Waals surface area contributed by atoms with Crippen LogP contribution in [0.15, 0.2) is 24.4 Å². The number of aromatic nitrogens is 2. The first-order valence-corrected chi connectivity index (χ1v) is 16.5. The fourth-order valence-electron chi connectivity index (χ4n) is 4.88. The maximum absolute atomic E-state index is 15.2. The molecule has 1 saturated heterocycles. The van der Waals surface area contributed by atoms with Gasteiger partial charge in [0.05, 0.1) is 47.9 Å². The first-order chi connectivity index (χ1) is 22.2. The molecule has 0 radical (unpaired) electrons. The number of ether oxygens (including phenoxy) is 3. The van der Waals surface area contributed by atoms with Gasteiger partial charge in [-0.05, 0) is 59.7 Å². The first-order valence-electron chi connectivity index (χ1n) is 15.0. The summed E-state index contributed by atoms with van der Waals surface area (Å²) in [4.78, 5) is 53.5. The molecule has 264 valence electrons. The zero-order valence-electron chi connectivity index (χ0n) is 28.2. The molecule has 0 unspecified atom stereocenters. The number of hydrogen-bond donors (Lipinski definition) is 0. The zero-order chi connectivity index (χ0) is 35.6. The van der Waals surface area contributed by atoms with Crippen LogP contribution in [0.5, 0.6) is 0 Å². The summed E-state index contributed by atoms with van der Waals surface area (Å²) in [5, 5.41) is 4.38. The van der Waals surface area contributed by atoms with Gasteiger partial charge in [0.25, 0.3) is 0 Å². The van der Waals surface area contributed by atoms with Crippen molar-refractivity contribution in [1.29, 1.82) is 0 Å². The van der Waals surface area contributed by atoms with Crippen LogP contribution in [-0.4, -0.2) is 82.5 Å². The monoisotopic (exact) mass is 697 g/mol. The molecule has 1 fully saturated rings. The van der Waals surface area contributed by atoms with Gasteiger partial charge in [-0.1, -0.05) is 0 Å². The minimum atomic E-state index is -4.20. The Labute approximate surface area is 277 Å². The Morgan fingerprint density at radius 3 is 2.33 bits per heavy atom. The number of hydrogen-bond acceptors (Lipinski definition) is 13. The van der Waals surface area contributed by atoms with Crippen LogP contribution in [-0.2, 0) is 62.1 Å². The molecule has 3 amide bonds. The fraction of sp³-hybridized carbons (Fsp3) is 0.567. The maximum atomic E-state index is 15.2. The highest BCUT2D eigenvalue weighted by Gasteiger charge is 2.39. The standard InChI is InChI=1S/C30H41FN5O11P/c1-19(37)35(27(39)43-18-42-26(38)17-44-48(41,46-29(2,3)4)47-30(5,6)7)14-22-15-36(28(40)45-22)21-9-10-25(23(31)11-21)34-13-20-12-33(8)32-24(20)16-34/h9-12,22H,13-18H2,1-8H3/t22-/m0/s1. The second-order valence-corrected chi connectivity index (χ2v) is 14.7. The van der Waals surface area contributed by atoms with E-state index in [0.29, 0.717) is 23.7 Å². The highest BCUT2D eigenvalue weighted by Crippen LogP contribution is 2.55.